The number of nitrogens with zero attached hydrogens (tertiary/aromatic N) is 1. The molecule has 2 rings (SSSR count). The van der Waals surface area contributed by atoms with E-state index >= 15 is 0 Å². The van der Waals surface area contributed by atoms with E-state index in [0.717, 1.165) is 32.1 Å². The number of unbranched alkanes of at least 4 members (excludes halogenated alkanes) is 6. The van der Waals surface area contributed by atoms with E-state index < -0.39 is 40.1 Å². The molecule has 242 valence electrons. The summed E-state index contributed by atoms with van der Waals surface area (Å²) in [5.74, 6) is -2.20. The minimum atomic E-state index is -1.04. The molecule has 0 fully saturated rings. The first-order chi connectivity index (χ1) is 20.6. The van der Waals surface area contributed by atoms with Crippen molar-refractivity contribution in [2.24, 2.45) is 0 Å². The molecule has 44 heavy (non-hydrogen) atoms. The number of nitro groups is 1. The van der Waals surface area contributed by atoms with Gasteiger partial charge in [-0.2, -0.15) is 0 Å². The van der Waals surface area contributed by atoms with Gasteiger partial charge in [0.2, 0.25) is 0 Å². The van der Waals surface area contributed by atoms with E-state index in [1.54, 1.807) is 59.7 Å². The number of carbonyl (C=O) groups excluding carboxylic acids is 3. The zero-order valence-corrected chi connectivity index (χ0v) is 27.1. The van der Waals surface area contributed by atoms with Gasteiger partial charge in [-0.1, -0.05) is 64.0 Å². The Balaban J connectivity index is 2.31. The van der Waals surface area contributed by atoms with Crippen LogP contribution in [0.4, 0.5) is 5.69 Å². The Bertz CT molecular complexity index is 1230. The molecule has 2 aromatic rings. The quantitative estimate of drug-likeness (QED) is 0.0605. The van der Waals surface area contributed by atoms with Crippen molar-refractivity contribution < 1.29 is 38.3 Å². The number of para-hydroxylation sites is 1. The minimum Gasteiger partial charge on any atom is -0.456 e. The maximum absolute atomic E-state index is 13.5. The van der Waals surface area contributed by atoms with Crippen LogP contribution in [0.25, 0.3) is 0 Å². The SMILES string of the molecule is CCCCCCCCCC(OCc1ccccc1[N+](=O)[O-])C(=O)Oc1cc(C(=O)OC(C)(C)C)cc(C(=O)OC(C)(C)C)c1. The van der Waals surface area contributed by atoms with Crippen LogP contribution in [0.2, 0.25) is 0 Å². The lowest BCUT2D eigenvalue weighted by molar-refractivity contribution is -0.386. The summed E-state index contributed by atoms with van der Waals surface area (Å²) in [6.45, 7) is 12.3. The lowest BCUT2D eigenvalue weighted by Crippen LogP contribution is -2.29. The molecule has 0 aliphatic carbocycles. The fraction of sp³-hybridized carbons (Fsp3) is 0.559. The normalized spacial score (nSPS) is 12.3. The molecule has 0 amide bonds. The Hall–Kier alpha value is -3.79. The molecule has 0 radical (unpaired) electrons. The topological polar surface area (TPSA) is 131 Å². The highest BCUT2D eigenvalue weighted by molar-refractivity contribution is 5.96. The van der Waals surface area contributed by atoms with Crippen LogP contribution < -0.4 is 4.74 Å². The number of benzene rings is 2. The molecular formula is C34H47NO9. The van der Waals surface area contributed by atoms with Crippen LogP contribution in [0, 0.1) is 10.1 Å². The third-order valence-electron chi connectivity index (χ3n) is 6.36. The van der Waals surface area contributed by atoms with Gasteiger partial charge in [0.25, 0.3) is 5.69 Å². The number of rotatable bonds is 16. The van der Waals surface area contributed by atoms with Gasteiger partial charge in [-0.05, 0) is 72.2 Å². The molecule has 0 saturated heterocycles. The second-order valence-electron chi connectivity index (χ2n) is 12.8. The van der Waals surface area contributed by atoms with E-state index in [4.69, 9.17) is 18.9 Å². The second kappa shape index (κ2) is 16.9. The maximum Gasteiger partial charge on any atom is 0.340 e. The smallest absolute Gasteiger partial charge is 0.340 e. The van der Waals surface area contributed by atoms with E-state index in [0.29, 0.717) is 18.4 Å². The summed E-state index contributed by atoms with van der Waals surface area (Å²) in [4.78, 5) is 50.3. The first kappa shape index (κ1) is 36.4. The number of ether oxygens (including phenoxy) is 4. The molecule has 1 unspecified atom stereocenters. The van der Waals surface area contributed by atoms with Gasteiger partial charge in [0.05, 0.1) is 28.2 Å². The summed E-state index contributed by atoms with van der Waals surface area (Å²) < 4.78 is 22.6. The molecule has 0 aromatic heterocycles. The Morgan fingerprint density at radius 3 is 1.84 bits per heavy atom. The van der Waals surface area contributed by atoms with Crippen LogP contribution in [0.5, 0.6) is 5.75 Å². The molecule has 0 aliphatic heterocycles. The van der Waals surface area contributed by atoms with Crippen molar-refractivity contribution in [3.05, 3.63) is 69.3 Å². The van der Waals surface area contributed by atoms with Crippen LogP contribution in [0.1, 0.15) is 126 Å². The molecule has 0 saturated carbocycles. The molecule has 0 bridgehead atoms. The van der Waals surface area contributed by atoms with E-state index in [9.17, 15) is 24.5 Å². The summed E-state index contributed by atoms with van der Waals surface area (Å²) in [7, 11) is 0. The Morgan fingerprint density at radius 1 is 0.795 bits per heavy atom. The number of hydrogen-bond donors (Lipinski definition) is 0. The van der Waals surface area contributed by atoms with Gasteiger partial charge in [0, 0.05) is 6.07 Å². The summed E-state index contributed by atoms with van der Waals surface area (Å²) >= 11 is 0. The van der Waals surface area contributed by atoms with E-state index in [2.05, 4.69) is 6.92 Å². The van der Waals surface area contributed by atoms with Crippen molar-refractivity contribution >= 4 is 23.6 Å². The van der Waals surface area contributed by atoms with Crippen LogP contribution in [0.3, 0.4) is 0 Å². The van der Waals surface area contributed by atoms with Gasteiger partial charge < -0.3 is 18.9 Å². The predicted octanol–water partition coefficient (Wildman–Crippen LogP) is 8.14. The van der Waals surface area contributed by atoms with Gasteiger partial charge >= 0.3 is 17.9 Å². The van der Waals surface area contributed by atoms with Crippen molar-refractivity contribution in [2.75, 3.05) is 0 Å². The van der Waals surface area contributed by atoms with E-state index in [1.165, 1.54) is 30.7 Å². The zero-order valence-electron chi connectivity index (χ0n) is 27.1. The monoisotopic (exact) mass is 613 g/mol. The highest BCUT2D eigenvalue weighted by Gasteiger charge is 2.27. The van der Waals surface area contributed by atoms with Crippen LogP contribution >= 0.6 is 0 Å². The van der Waals surface area contributed by atoms with Crippen molar-refractivity contribution in [2.45, 2.75) is 124 Å². The Labute approximate surface area is 260 Å². The van der Waals surface area contributed by atoms with Crippen molar-refractivity contribution in [3.8, 4) is 5.75 Å². The third kappa shape index (κ3) is 13.2. The first-order valence-corrected chi connectivity index (χ1v) is 15.3. The van der Waals surface area contributed by atoms with Crippen LogP contribution in [-0.2, 0) is 25.6 Å². The van der Waals surface area contributed by atoms with E-state index in [-0.39, 0.29) is 29.2 Å². The first-order valence-electron chi connectivity index (χ1n) is 15.3. The summed E-state index contributed by atoms with van der Waals surface area (Å²) in [5.41, 5.74) is -1.36. The van der Waals surface area contributed by atoms with Crippen molar-refractivity contribution in [3.63, 3.8) is 0 Å². The summed E-state index contributed by atoms with van der Waals surface area (Å²) in [6, 6.07) is 10.2. The summed E-state index contributed by atoms with van der Waals surface area (Å²) in [5, 5.41) is 11.5. The lowest BCUT2D eigenvalue weighted by atomic mass is 10.1. The van der Waals surface area contributed by atoms with Gasteiger partial charge in [0.1, 0.15) is 17.0 Å². The number of nitro benzene ring substituents is 1. The van der Waals surface area contributed by atoms with Gasteiger partial charge in [-0.3, -0.25) is 10.1 Å². The number of esters is 3. The molecule has 0 heterocycles. The van der Waals surface area contributed by atoms with Crippen molar-refractivity contribution in [1.82, 2.24) is 0 Å². The molecule has 10 heteroatoms. The fourth-order valence-electron chi connectivity index (χ4n) is 4.31. The maximum atomic E-state index is 13.5. The third-order valence-corrected chi connectivity index (χ3v) is 6.36. The highest BCUT2D eigenvalue weighted by Crippen LogP contribution is 2.25. The van der Waals surface area contributed by atoms with Crippen molar-refractivity contribution in [1.29, 1.82) is 0 Å². The molecule has 0 N–H and O–H groups in total. The highest BCUT2D eigenvalue weighted by atomic mass is 16.6. The Kier molecular flexibility index (Phi) is 14.0. The largest absolute Gasteiger partial charge is 0.456 e. The molecule has 2 aromatic carbocycles. The van der Waals surface area contributed by atoms with E-state index in [1.807, 2.05) is 0 Å². The molecule has 10 nitrogen and oxygen atoms in total. The van der Waals surface area contributed by atoms with Gasteiger partial charge in [-0.15, -0.1) is 0 Å². The Morgan fingerprint density at radius 2 is 1.32 bits per heavy atom. The zero-order chi connectivity index (χ0) is 32.9. The second-order valence-corrected chi connectivity index (χ2v) is 12.8. The average Bonchev–Trinajstić information content (AvgIpc) is 2.92. The summed E-state index contributed by atoms with van der Waals surface area (Å²) in [6.07, 6.45) is 6.47. The van der Waals surface area contributed by atoms with Gasteiger partial charge in [0.15, 0.2) is 6.10 Å². The molecular weight excluding hydrogens is 566 g/mol. The fourth-order valence-corrected chi connectivity index (χ4v) is 4.31. The lowest BCUT2D eigenvalue weighted by Gasteiger charge is -2.22. The van der Waals surface area contributed by atoms with Crippen LogP contribution in [-0.4, -0.2) is 40.1 Å². The predicted molar refractivity (Wildman–Crippen MR) is 167 cm³/mol. The standard InChI is InChI=1S/C34H47NO9/c1-8-9-10-11-12-13-14-19-29(41-23-24-17-15-16-18-28(24)35(39)40)32(38)42-27-21-25(30(36)43-33(2,3)4)20-26(22-27)31(37)44-34(5,6)7/h15-18,20-22,29H,8-14,19,23H2,1-7H3. The minimum absolute atomic E-state index is 0.00976. The average molecular weight is 614 g/mol. The molecule has 0 spiro atoms. The van der Waals surface area contributed by atoms with Crippen LogP contribution in [0.15, 0.2) is 42.5 Å². The molecule has 1 atom stereocenters. The number of hydrogen-bond acceptors (Lipinski definition) is 9. The molecule has 0 aliphatic rings. The number of carbonyl (C=O) groups is 3. The van der Waals surface area contributed by atoms with Gasteiger partial charge in [-0.25, -0.2) is 14.4 Å².